The molecule has 0 fully saturated rings. The maximum Gasteiger partial charge on any atom is 0.462 e. The van der Waals surface area contributed by atoms with Crippen molar-refractivity contribution in [1.29, 1.82) is 0 Å². The highest BCUT2D eigenvalue weighted by Gasteiger charge is 2.23. The number of carbonyl (C=O) groups excluding carboxylic acids is 1. The van der Waals surface area contributed by atoms with Crippen LogP contribution in [0.1, 0.15) is 0 Å². The van der Waals surface area contributed by atoms with Crippen LogP contribution in [0.2, 0.25) is 0 Å². The van der Waals surface area contributed by atoms with Gasteiger partial charge in [-0.1, -0.05) is 24.3 Å². The van der Waals surface area contributed by atoms with Gasteiger partial charge in [-0.25, -0.2) is 23.6 Å². The Hall–Kier alpha value is -2.43. The summed E-state index contributed by atoms with van der Waals surface area (Å²) < 4.78 is 26.7. The van der Waals surface area contributed by atoms with Crippen LogP contribution in [-0.2, 0) is 5.11 Å². The molecule has 0 aliphatic rings. The summed E-state index contributed by atoms with van der Waals surface area (Å²) in [7, 11) is 0. The van der Waals surface area contributed by atoms with Gasteiger partial charge in [0.2, 0.25) is 0 Å². The normalized spacial score (nSPS) is 10.1. The first-order chi connectivity index (χ1) is 8.61. The molecule has 0 heterocycles. The summed E-state index contributed by atoms with van der Waals surface area (Å²) in [6, 6.07) is 11.1. The van der Waals surface area contributed by atoms with Crippen LogP contribution in [0.5, 0.6) is 0 Å². The molecule has 0 aliphatic heterocycles. The Morgan fingerprint density at radius 2 is 1.61 bits per heavy atom. The smallest absolute Gasteiger partial charge is 0.240 e. The largest absolute Gasteiger partial charge is 0.462 e. The summed E-state index contributed by atoms with van der Waals surface area (Å²) in [4.78, 5) is 11.7. The number of rotatable bonds is 2. The summed E-state index contributed by atoms with van der Waals surface area (Å²) in [5.41, 5.74) is -0.219. The lowest BCUT2D eigenvalue weighted by atomic mass is 10.2. The Labute approximate surface area is 102 Å². The molecule has 1 radical (unpaired) electrons. The third kappa shape index (κ3) is 2.15. The highest BCUT2D eigenvalue weighted by Crippen LogP contribution is 2.28. The van der Waals surface area contributed by atoms with Crippen LogP contribution in [0.3, 0.4) is 0 Å². The van der Waals surface area contributed by atoms with Crippen molar-refractivity contribution in [1.82, 2.24) is 0 Å². The van der Waals surface area contributed by atoms with E-state index in [2.05, 4.69) is 0 Å². The zero-order valence-corrected chi connectivity index (χ0v) is 9.14. The fraction of sp³-hybridized carbons (Fsp3) is 0. The van der Waals surface area contributed by atoms with E-state index in [1.54, 1.807) is 18.2 Å². The molecule has 0 N–H and O–H groups in total. The summed E-state index contributed by atoms with van der Waals surface area (Å²) in [5.74, 6) is -2.35. The molecule has 0 unspecified atom stereocenters. The number of hydrogen-bond donors (Lipinski definition) is 0. The Balaban J connectivity index is 2.56. The van der Waals surface area contributed by atoms with Crippen molar-refractivity contribution in [2.45, 2.75) is 0 Å². The highest BCUT2D eigenvalue weighted by atomic mass is 19.2. The second-order valence-corrected chi connectivity index (χ2v) is 3.51. The molecular weight excluding hydrogens is 240 g/mol. The topological polar surface area (TPSA) is 40.2 Å². The first kappa shape index (κ1) is 12.0. The van der Waals surface area contributed by atoms with Gasteiger partial charge in [-0.05, 0) is 24.3 Å². The zero-order valence-electron chi connectivity index (χ0n) is 9.14. The molecule has 0 aliphatic carbocycles. The molecule has 2 aromatic rings. The van der Waals surface area contributed by atoms with Crippen molar-refractivity contribution in [2.75, 3.05) is 4.90 Å². The van der Waals surface area contributed by atoms with E-state index in [0.717, 1.165) is 6.07 Å². The van der Waals surface area contributed by atoms with Gasteiger partial charge in [0, 0.05) is 0 Å². The van der Waals surface area contributed by atoms with E-state index in [1.807, 2.05) is 0 Å². The van der Waals surface area contributed by atoms with Crippen LogP contribution in [-0.4, -0.2) is 6.09 Å². The summed E-state index contributed by atoms with van der Waals surface area (Å²) in [6.45, 7) is 0. The van der Waals surface area contributed by atoms with Gasteiger partial charge in [-0.3, -0.25) is 0 Å². The van der Waals surface area contributed by atoms with Crippen molar-refractivity contribution < 1.29 is 18.7 Å². The van der Waals surface area contributed by atoms with Gasteiger partial charge in [-0.2, -0.15) is 0 Å². The van der Waals surface area contributed by atoms with Crippen LogP contribution in [0.4, 0.5) is 25.0 Å². The lowest BCUT2D eigenvalue weighted by molar-refractivity contribution is 0.179. The van der Waals surface area contributed by atoms with Gasteiger partial charge in [-0.15, -0.1) is 0 Å². The Bertz CT molecular complexity index is 572. The van der Waals surface area contributed by atoms with Crippen molar-refractivity contribution >= 4 is 17.5 Å². The molecule has 1 amide bonds. The predicted molar refractivity (Wildman–Crippen MR) is 61.0 cm³/mol. The number of hydrogen-bond acceptors (Lipinski definition) is 1. The van der Waals surface area contributed by atoms with Crippen LogP contribution in [0.15, 0.2) is 48.5 Å². The molecule has 2 aromatic carbocycles. The zero-order chi connectivity index (χ0) is 13.1. The second-order valence-electron chi connectivity index (χ2n) is 3.51. The first-order valence-corrected chi connectivity index (χ1v) is 5.11. The number of amides is 1. The molecular formula is C13H8F2NO2. The van der Waals surface area contributed by atoms with Gasteiger partial charge in [0.05, 0.1) is 11.4 Å². The van der Waals surface area contributed by atoms with Crippen LogP contribution in [0.25, 0.3) is 0 Å². The quantitative estimate of drug-likeness (QED) is 0.799. The minimum atomic E-state index is -1.63. The van der Waals surface area contributed by atoms with E-state index in [1.165, 1.54) is 24.3 Å². The third-order valence-corrected chi connectivity index (χ3v) is 2.37. The van der Waals surface area contributed by atoms with Gasteiger partial charge < -0.3 is 0 Å². The van der Waals surface area contributed by atoms with E-state index >= 15 is 0 Å². The number of anilines is 2. The molecule has 0 spiro atoms. The van der Waals surface area contributed by atoms with Gasteiger partial charge >= 0.3 is 6.09 Å². The first-order valence-electron chi connectivity index (χ1n) is 5.11. The van der Waals surface area contributed by atoms with Gasteiger partial charge in [0.15, 0.2) is 11.6 Å². The molecule has 18 heavy (non-hydrogen) atoms. The minimum Gasteiger partial charge on any atom is -0.240 e. The molecule has 91 valence electrons. The molecule has 0 saturated heterocycles. The second kappa shape index (κ2) is 4.83. The predicted octanol–water partition coefficient (Wildman–Crippen LogP) is 3.65. The maximum absolute atomic E-state index is 13.6. The standard InChI is InChI=1S/C13H8F2NO2/c14-10-7-4-8-11(12(10)15)16(13(17)18)9-5-2-1-3-6-9/h1-8H. The fourth-order valence-corrected chi connectivity index (χ4v) is 1.59. The van der Waals surface area contributed by atoms with Crippen molar-refractivity contribution in [3.05, 3.63) is 60.2 Å². The monoisotopic (exact) mass is 248 g/mol. The van der Waals surface area contributed by atoms with Gasteiger partial charge in [0.25, 0.3) is 0 Å². The molecule has 0 aromatic heterocycles. The Kier molecular flexibility index (Phi) is 3.23. The number of halogens is 2. The van der Waals surface area contributed by atoms with Crippen LogP contribution >= 0.6 is 0 Å². The number of para-hydroxylation sites is 1. The lowest BCUT2D eigenvalue weighted by Crippen LogP contribution is -2.23. The summed E-state index contributed by atoms with van der Waals surface area (Å²) in [5, 5.41) is 11.1. The molecule has 3 nitrogen and oxygen atoms in total. The van der Waals surface area contributed by atoms with Crippen molar-refractivity contribution in [3.8, 4) is 0 Å². The van der Waals surface area contributed by atoms with E-state index in [9.17, 15) is 18.7 Å². The van der Waals surface area contributed by atoms with Crippen LogP contribution < -0.4 is 4.90 Å². The molecule has 5 heteroatoms. The summed E-state index contributed by atoms with van der Waals surface area (Å²) >= 11 is 0. The van der Waals surface area contributed by atoms with Crippen molar-refractivity contribution in [3.63, 3.8) is 0 Å². The number of carbonyl (C=O) groups is 1. The molecule has 0 bridgehead atoms. The maximum atomic E-state index is 13.6. The van der Waals surface area contributed by atoms with Crippen LogP contribution in [0, 0.1) is 11.6 Å². The average Bonchev–Trinajstić information content (AvgIpc) is 2.36. The molecule has 0 saturated carbocycles. The van der Waals surface area contributed by atoms with E-state index < -0.39 is 23.4 Å². The average molecular weight is 248 g/mol. The van der Waals surface area contributed by atoms with E-state index in [4.69, 9.17) is 0 Å². The van der Waals surface area contributed by atoms with Gasteiger partial charge in [0.1, 0.15) is 0 Å². The molecule has 2 rings (SSSR count). The lowest BCUT2D eigenvalue weighted by Gasteiger charge is -2.18. The van der Waals surface area contributed by atoms with E-state index in [-0.39, 0.29) is 5.69 Å². The summed E-state index contributed by atoms with van der Waals surface area (Å²) in [6.07, 6.45) is -1.63. The number of benzene rings is 2. The van der Waals surface area contributed by atoms with Crippen molar-refractivity contribution in [2.24, 2.45) is 0 Å². The number of nitrogens with zero attached hydrogens (tertiary/aromatic N) is 1. The SMILES string of the molecule is [O]C(=O)N(c1ccccc1)c1cccc(F)c1F. The highest BCUT2D eigenvalue weighted by molar-refractivity contribution is 5.94. The Morgan fingerprint density at radius 1 is 0.944 bits per heavy atom. The Morgan fingerprint density at radius 3 is 2.22 bits per heavy atom. The molecule has 0 atom stereocenters. The minimum absolute atomic E-state index is 0.182. The van der Waals surface area contributed by atoms with E-state index in [0.29, 0.717) is 4.90 Å². The third-order valence-electron chi connectivity index (χ3n) is 2.37. The fourth-order valence-electron chi connectivity index (χ4n) is 1.59.